The van der Waals surface area contributed by atoms with Crippen LogP contribution in [0.4, 0.5) is 10.1 Å². The van der Waals surface area contributed by atoms with E-state index in [2.05, 4.69) is 23.1 Å². The fourth-order valence-electron chi connectivity index (χ4n) is 2.95. The maximum atomic E-state index is 14.4. The highest BCUT2D eigenvalue weighted by molar-refractivity contribution is 5.51. The van der Waals surface area contributed by atoms with Crippen molar-refractivity contribution in [3.8, 4) is 0 Å². The van der Waals surface area contributed by atoms with Crippen LogP contribution in [0.1, 0.15) is 36.1 Å². The van der Waals surface area contributed by atoms with E-state index in [1.165, 1.54) is 17.2 Å². The zero-order valence-electron chi connectivity index (χ0n) is 12.2. The molecule has 110 valence electrons. The summed E-state index contributed by atoms with van der Waals surface area (Å²) in [6.07, 6.45) is 1.42. The monoisotopic (exact) mass is 285 g/mol. The van der Waals surface area contributed by atoms with Gasteiger partial charge >= 0.3 is 0 Å². The second-order valence-corrected chi connectivity index (χ2v) is 5.68. The lowest BCUT2D eigenvalue weighted by Gasteiger charge is -2.24. The predicted octanol–water partition coefficient (Wildman–Crippen LogP) is 3.83. The normalized spacial score (nSPS) is 16.2. The summed E-state index contributed by atoms with van der Waals surface area (Å²) >= 11 is 0. The van der Waals surface area contributed by atoms with E-state index in [-0.39, 0.29) is 5.82 Å². The van der Waals surface area contributed by atoms with Gasteiger partial charge in [0, 0.05) is 13.1 Å². The number of aliphatic hydroxyl groups excluding tert-OH is 1. The number of benzene rings is 2. The summed E-state index contributed by atoms with van der Waals surface area (Å²) < 4.78 is 14.4. The molecule has 0 unspecified atom stereocenters. The number of halogens is 1. The fourth-order valence-corrected chi connectivity index (χ4v) is 2.95. The average Bonchev–Trinajstić information content (AvgIpc) is 2.69. The van der Waals surface area contributed by atoms with Gasteiger partial charge in [0.05, 0.1) is 11.8 Å². The lowest BCUT2D eigenvalue weighted by Crippen LogP contribution is -2.23. The van der Waals surface area contributed by atoms with Crippen molar-refractivity contribution in [2.75, 3.05) is 11.4 Å². The van der Waals surface area contributed by atoms with Gasteiger partial charge in [0.1, 0.15) is 5.82 Å². The molecule has 0 spiro atoms. The molecule has 0 radical (unpaired) electrons. The first-order valence-corrected chi connectivity index (χ1v) is 7.44. The molecule has 0 amide bonds. The summed E-state index contributed by atoms with van der Waals surface area (Å²) in [5.74, 6) is -0.257. The Morgan fingerprint density at radius 1 is 1.14 bits per heavy atom. The summed E-state index contributed by atoms with van der Waals surface area (Å²) in [6.45, 7) is 3.23. The molecule has 3 rings (SSSR count). The number of hydrogen-bond acceptors (Lipinski definition) is 2. The van der Waals surface area contributed by atoms with Crippen molar-refractivity contribution in [2.24, 2.45) is 0 Å². The van der Waals surface area contributed by atoms with Crippen LogP contribution in [0, 0.1) is 5.82 Å². The van der Waals surface area contributed by atoms with E-state index in [0.717, 1.165) is 25.9 Å². The zero-order valence-corrected chi connectivity index (χ0v) is 12.2. The van der Waals surface area contributed by atoms with Crippen LogP contribution in [0.3, 0.4) is 0 Å². The lowest BCUT2D eigenvalue weighted by atomic mass is 10.0. The zero-order chi connectivity index (χ0) is 14.8. The summed E-state index contributed by atoms with van der Waals surface area (Å²) in [4.78, 5) is 2.09. The fraction of sp³-hybridized carbons (Fsp3) is 0.333. The number of aliphatic hydroxyl groups is 1. The van der Waals surface area contributed by atoms with Gasteiger partial charge in [-0.1, -0.05) is 30.3 Å². The maximum absolute atomic E-state index is 14.4. The minimum absolute atomic E-state index is 0.257. The molecule has 2 aromatic rings. The van der Waals surface area contributed by atoms with Crippen molar-refractivity contribution in [3.05, 3.63) is 65.0 Å². The smallest absolute Gasteiger partial charge is 0.146 e. The summed E-state index contributed by atoms with van der Waals surface area (Å²) in [5.41, 5.74) is 3.87. The van der Waals surface area contributed by atoms with Gasteiger partial charge in [0.2, 0.25) is 0 Å². The molecule has 1 heterocycles. The van der Waals surface area contributed by atoms with Crippen LogP contribution in [-0.2, 0) is 13.0 Å². The third kappa shape index (κ3) is 2.93. The van der Waals surface area contributed by atoms with E-state index < -0.39 is 6.10 Å². The number of anilines is 1. The minimum Gasteiger partial charge on any atom is -0.389 e. The molecule has 1 N–H and O–H groups in total. The standard InChI is InChI=1S/C18H20FNO/c1-13(21)15-8-9-18(17(19)11-15)20-10-4-7-14-5-2-3-6-16(14)12-20/h2-3,5-6,8-9,11,13,21H,4,7,10,12H2,1H3/t13-/m0/s1. The van der Waals surface area contributed by atoms with Crippen molar-refractivity contribution >= 4 is 5.69 Å². The summed E-state index contributed by atoms with van der Waals surface area (Å²) in [6, 6.07) is 13.4. The topological polar surface area (TPSA) is 23.5 Å². The Labute approximate surface area is 124 Å². The number of rotatable bonds is 2. The van der Waals surface area contributed by atoms with Gasteiger partial charge in [0.25, 0.3) is 0 Å². The molecule has 1 aliphatic heterocycles. The summed E-state index contributed by atoms with van der Waals surface area (Å²) in [7, 11) is 0. The van der Waals surface area contributed by atoms with E-state index in [0.29, 0.717) is 11.3 Å². The first-order chi connectivity index (χ1) is 10.1. The third-order valence-corrected chi connectivity index (χ3v) is 4.15. The van der Waals surface area contributed by atoms with E-state index in [9.17, 15) is 9.50 Å². The summed E-state index contributed by atoms with van der Waals surface area (Å²) in [5, 5.41) is 9.54. The van der Waals surface area contributed by atoms with Crippen molar-refractivity contribution in [3.63, 3.8) is 0 Å². The first-order valence-electron chi connectivity index (χ1n) is 7.44. The predicted molar refractivity (Wildman–Crippen MR) is 82.8 cm³/mol. The average molecular weight is 285 g/mol. The highest BCUT2D eigenvalue weighted by Crippen LogP contribution is 2.28. The Morgan fingerprint density at radius 3 is 2.62 bits per heavy atom. The quantitative estimate of drug-likeness (QED) is 0.906. The second-order valence-electron chi connectivity index (χ2n) is 5.68. The van der Waals surface area contributed by atoms with E-state index in [1.54, 1.807) is 19.1 Å². The highest BCUT2D eigenvalue weighted by Gasteiger charge is 2.17. The third-order valence-electron chi connectivity index (χ3n) is 4.15. The van der Waals surface area contributed by atoms with Crippen LogP contribution in [0.25, 0.3) is 0 Å². The number of hydrogen-bond donors (Lipinski definition) is 1. The highest BCUT2D eigenvalue weighted by atomic mass is 19.1. The molecule has 0 bridgehead atoms. The van der Waals surface area contributed by atoms with E-state index >= 15 is 0 Å². The van der Waals surface area contributed by atoms with Gasteiger partial charge in [-0.3, -0.25) is 0 Å². The van der Waals surface area contributed by atoms with Crippen LogP contribution >= 0.6 is 0 Å². The van der Waals surface area contributed by atoms with Crippen LogP contribution in [0.15, 0.2) is 42.5 Å². The van der Waals surface area contributed by atoms with Crippen LogP contribution in [-0.4, -0.2) is 11.7 Å². The van der Waals surface area contributed by atoms with Crippen molar-refractivity contribution in [1.82, 2.24) is 0 Å². The first kappa shape index (κ1) is 14.1. The number of fused-ring (bicyclic) bond motifs is 1. The molecule has 1 aliphatic rings. The Hall–Kier alpha value is -1.87. The Balaban J connectivity index is 1.91. The lowest BCUT2D eigenvalue weighted by molar-refractivity contribution is 0.199. The molecule has 2 aromatic carbocycles. The molecule has 0 fully saturated rings. The Kier molecular flexibility index (Phi) is 3.93. The van der Waals surface area contributed by atoms with Crippen LogP contribution in [0.2, 0.25) is 0 Å². The van der Waals surface area contributed by atoms with Crippen molar-refractivity contribution in [1.29, 1.82) is 0 Å². The van der Waals surface area contributed by atoms with E-state index in [4.69, 9.17) is 0 Å². The molecule has 0 aromatic heterocycles. The van der Waals surface area contributed by atoms with Crippen molar-refractivity contribution in [2.45, 2.75) is 32.4 Å². The second kappa shape index (κ2) is 5.86. The molecule has 0 saturated heterocycles. The molecule has 0 aliphatic carbocycles. The largest absolute Gasteiger partial charge is 0.389 e. The van der Waals surface area contributed by atoms with Gasteiger partial charge in [0.15, 0.2) is 0 Å². The number of aryl methyl sites for hydroxylation is 1. The van der Waals surface area contributed by atoms with Gasteiger partial charge in [-0.25, -0.2) is 4.39 Å². The molecule has 0 saturated carbocycles. The van der Waals surface area contributed by atoms with Crippen LogP contribution < -0.4 is 4.90 Å². The number of nitrogens with zero attached hydrogens (tertiary/aromatic N) is 1. The van der Waals surface area contributed by atoms with Gasteiger partial charge < -0.3 is 10.0 Å². The van der Waals surface area contributed by atoms with Gasteiger partial charge in [-0.2, -0.15) is 0 Å². The van der Waals surface area contributed by atoms with Gasteiger partial charge in [-0.05, 0) is 48.6 Å². The maximum Gasteiger partial charge on any atom is 0.146 e. The molecule has 2 nitrogen and oxygen atoms in total. The SMILES string of the molecule is C[C@H](O)c1ccc(N2CCCc3ccccc3C2)c(F)c1. The molecular formula is C18H20FNO. The molecule has 21 heavy (non-hydrogen) atoms. The van der Waals surface area contributed by atoms with Crippen molar-refractivity contribution < 1.29 is 9.50 Å². The minimum atomic E-state index is -0.640. The Bertz CT molecular complexity index is 639. The molecule has 1 atom stereocenters. The van der Waals surface area contributed by atoms with E-state index in [1.807, 2.05) is 6.07 Å². The Morgan fingerprint density at radius 2 is 1.90 bits per heavy atom. The molecular weight excluding hydrogens is 265 g/mol. The van der Waals surface area contributed by atoms with Crippen LogP contribution in [0.5, 0.6) is 0 Å². The molecule has 3 heteroatoms. The van der Waals surface area contributed by atoms with Gasteiger partial charge in [-0.15, -0.1) is 0 Å².